The van der Waals surface area contributed by atoms with Crippen molar-refractivity contribution < 1.29 is 32.6 Å². The topological polar surface area (TPSA) is 73.9 Å². The molecule has 0 heterocycles. The summed E-state index contributed by atoms with van der Waals surface area (Å²) in [6.45, 7) is 0.448. The summed E-state index contributed by atoms with van der Waals surface area (Å²) in [5.41, 5.74) is 0.0591. The van der Waals surface area contributed by atoms with Crippen LogP contribution in [0, 0.1) is 0 Å². The number of hydrogen-bond donors (Lipinski definition) is 1. The third-order valence-electron chi connectivity index (χ3n) is 3.30. The molecular weight excluding hydrogens is 324 g/mol. The Balaban J connectivity index is 2.66. The average molecular weight is 345 g/mol. The number of halogens is 2. The van der Waals surface area contributed by atoms with Gasteiger partial charge in [0.05, 0.1) is 12.7 Å². The van der Waals surface area contributed by atoms with E-state index in [0.29, 0.717) is 0 Å². The number of carbonyl (C=O) groups is 2. The lowest BCUT2D eigenvalue weighted by atomic mass is 10.2. The number of rotatable bonds is 9. The molecule has 24 heavy (non-hydrogen) atoms. The van der Waals surface area contributed by atoms with Crippen molar-refractivity contribution in [3.05, 3.63) is 23.8 Å². The number of hydrogen-bond acceptors (Lipinski definition) is 5. The summed E-state index contributed by atoms with van der Waals surface area (Å²) in [6.07, 6.45) is 1.55. The van der Waals surface area contributed by atoms with Crippen molar-refractivity contribution in [2.75, 3.05) is 13.7 Å². The van der Waals surface area contributed by atoms with Gasteiger partial charge in [0.15, 0.2) is 18.1 Å². The first-order valence-electron chi connectivity index (χ1n) is 7.50. The molecular formula is C16H21F2NO5. The van der Waals surface area contributed by atoms with Gasteiger partial charge in [-0.15, -0.1) is 0 Å². The maximum Gasteiger partial charge on any atom is 0.387 e. The zero-order valence-corrected chi connectivity index (χ0v) is 13.8. The van der Waals surface area contributed by atoms with E-state index in [4.69, 9.17) is 9.47 Å². The molecule has 0 spiro atoms. The van der Waals surface area contributed by atoms with E-state index >= 15 is 0 Å². The lowest BCUT2D eigenvalue weighted by Crippen LogP contribution is -2.36. The van der Waals surface area contributed by atoms with Gasteiger partial charge in [-0.1, -0.05) is 13.8 Å². The first-order chi connectivity index (χ1) is 11.4. The van der Waals surface area contributed by atoms with Crippen LogP contribution < -0.4 is 14.8 Å². The molecule has 1 aromatic carbocycles. The first kappa shape index (κ1) is 19.7. The quantitative estimate of drug-likeness (QED) is 0.697. The zero-order chi connectivity index (χ0) is 18.1. The number of esters is 1. The summed E-state index contributed by atoms with van der Waals surface area (Å²) in [6, 6.07) is 3.66. The van der Waals surface area contributed by atoms with Crippen molar-refractivity contribution in [3.63, 3.8) is 0 Å². The lowest BCUT2D eigenvalue weighted by Gasteiger charge is -2.15. The van der Waals surface area contributed by atoms with Gasteiger partial charge in [-0.2, -0.15) is 8.78 Å². The maximum atomic E-state index is 12.3. The minimum atomic E-state index is -3.01. The molecule has 1 amide bonds. The largest absolute Gasteiger partial charge is 0.493 e. The third-order valence-corrected chi connectivity index (χ3v) is 3.30. The highest BCUT2D eigenvalue weighted by Gasteiger charge is 2.16. The Morgan fingerprint density at radius 2 is 1.83 bits per heavy atom. The molecule has 0 aromatic heterocycles. The molecule has 0 aliphatic carbocycles. The summed E-state index contributed by atoms with van der Waals surface area (Å²) in [5, 5.41) is 2.73. The van der Waals surface area contributed by atoms with Gasteiger partial charge in [-0.05, 0) is 31.0 Å². The second kappa shape index (κ2) is 9.69. The number of alkyl halides is 2. The third kappa shape index (κ3) is 6.02. The standard InChI is InChI=1S/C16H21F2NO5/c1-4-11(5-2)19-14(20)9-23-15(21)10-6-7-12(24-16(17)18)13(8-10)22-3/h6-8,11,16H,4-5,9H2,1-3H3,(H,19,20). The van der Waals surface area contributed by atoms with Gasteiger partial charge in [-0.25, -0.2) is 4.79 Å². The van der Waals surface area contributed by atoms with Crippen LogP contribution in [0.15, 0.2) is 18.2 Å². The molecule has 0 aliphatic heterocycles. The van der Waals surface area contributed by atoms with Crippen LogP contribution in [0.2, 0.25) is 0 Å². The molecule has 8 heteroatoms. The molecule has 0 radical (unpaired) electrons. The van der Waals surface area contributed by atoms with E-state index in [1.165, 1.54) is 25.3 Å². The van der Waals surface area contributed by atoms with E-state index in [9.17, 15) is 18.4 Å². The second-order valence-electron chi connectivity index (χ2n) is 4.90. The summed E-state index contributed by atoms with van der Waals surface area (Å²) >= 11 is 0. The van der Waals surface area contributed by atoms with Crippen molar-refractivity contribution in [2.24, 2.45) is 0 Å². The molecule has 1 aromatic rings. The Morgan fingerprint density at radius 1 is 1.17 bits per heavy atom. The fourth-order valence-electron chi connectivity index (χ4n) is 1.96. The van der Waals surface area contributed by atoms with Crippen LogP contribution in [0.4, 0.5) is 8.78 Å². The Labute approximate surface area is 139 Å². The molecule has 0 unspecified atom stereocenters. The zero-order valence-electron chi connectivity index (χ0n) is 13.8. The number of methoxy groups -OCH3 is 1. The van der Waals surface area contributed by atoms with E-state index in [1.807, 2.05) is 13.8 Å². The maximum absolute atomic E-state index is 12.3. The Morgan fingerprint density at radius 3 is 2.38 bits per heavy atom. The number of benzene rings is 1. The second-order valence-corrected chi connectivity index (χ2v) is 4.90. The number of amides is 1. The molecule has 0 atom stereocenters. The van der Waals surface area contributed by atoms with Crippen LogP contribution in [0.1, 0.15) is 37.0 Å². The summed E-state index contributed by atoms with van der Waals surface area (Å²) < 4.78 is 38.6. The van der Waals surface area contributed by atoms with Crippen molar-refractivity contribution in [1.82, 2.24) is 5.32 Å². The van der Waals surface area contributed by atoms with E-state index in [1.54, 1.807) is 0 Å². The van der Waals surface area contributed by atoms with Crippen LogP contribution in [-0.4, -0.2) is 38.2 Å². The van der Waals surface area contributed by atoms with Crippen LogP contribution in [0.5, 0.6) is 11.5 Å². The van der Waals surface area contributed by atoms with Crippen molar-refractivity contribution in [3.8, 4) is 11.5 Å². The molecule has 1 rings (SSSR count). The van der Waals surface area contributed by atoms with Gasteiger partial charge >= 0.3 is 12.6 Å². The van der Waals surface area contributed by atoms with E-state index in [-0.39, 0.29) is 23.1 Å². The minimum absolute atomic E-state index is 0.0297. The van der Waals surface area contributed by atoms with Crippen LogP contribution in [-0.2, 0) is 9.53 Å². The Bertz CT molecular complexity index is 561. The van der Waals surface area contributed by atoms with Crippen molar-refractivity contribution >= 4 is 11.9 Å². The molecule has 0 fully saturated rings. The van der Waals surface area contributed by atoms with Crippen molar-refractivity contribution in [2.45, 2.75) is 39.3 Å². The van der Waals surface area contributed by atoms with Crippen molar-refractivity contribution in [1.29, 1.82) is 0 Å². The lowest BCUT2D eigenvalue weighted by molar-refractivity contribution is -0.125. The molecule has 134 valence electrons. The predicted octanol–water partition coefficient (Wildman–Crippen LogP) is 2.76. The Kier molecular flexibility index (Phi) is 7.94. The van der Waals surface area contributed by atoms with Gasteiger partial charge in [0.2, 0.25) is 0 Å². The van der Waals surface area contributed by atoms with Gasteiger partial charge in [0.1, 0.15) is 0 Å². The number of nitrogens with one attached hydrogen (secondary N) is 1. The highest BCUT2D eigenvalue weighted by Crippen LogP contribution is 2.29. The number of ether oxygens (including phenoxy) is 3. The van der Waals surface area contributed by atoms with Crippen LogP contribution >= 0.6 is 0 Å². The molecule has 0 saturated heterocycles. The summed E-state index contributed by atoms with van der Waals surface area (Å²) in [5.74, 6) is -1.40. The normalized spacial score (nSPS) is 10.6. The van der Waals surface area contributed by atoms with Gasteiger partial charge in [0, 0.05) is 6.04 Å². The SMILES string of the molecule is CCC(CC)NC(=O)COC(=O)c1ccc(OC(F)F)c(OC)c1. The van der Waals surface area contributed by atoms with Crippen LogP contribution in [0.25, 0.3) is 0 Å². The van der Waals surface area contributed by atoms with Gasteiger partial charge in [0.25, 0.3) is 5.91 Å². The molecule has 0 aliphatic rings. The highest BCUT2D eigenvalue weighted by atomic mass is 19.3. The predicted molar refractivity (Wildman–Crippen MR) is 82.4 cm³/mol. The van der Waals surface area contributed by atoms with E-state index in [0.717, 1.165) is 12.8 Å². The average Bonchev–Trinajstić information content (AvgIpc) is 2.57. The molecule has 6 nitrogen and oxygen atoms in total. The fraction of sp³-hybridized carbons (Fsp3) is 0.500. The van der Waals surface area contributed by atoms with E-state index in [2.05, 4.69) is 10.1 Å². The van der Waals surface area contributed by atoms with E-state index < -0.39 is 25.1 Å². The minimum Gasteiger partial charge on any atom is -0.493 e. The Hall–Kier alpha value is -2.38. The number of carbonyl (C=O) groups excluding carboxylic acids is 2. The smallest absolute Gasteiger partial charge is 0.387 e. The summed E-state index contributed by atoms with van der Waals surface area (Å²) in [7, 11) is 1.26. The monoisotopic (exact) mass is 345 g/mol. The molecule has 0 saturated carbocycles. The van der Waals surface area contributed by atoms with Crippen LogP contribution in [0.3, 0.4) is 0 Å². The fourth-order valence-corrected chi connectivity index (χ4v) is 1.96. The summed E-state index contributed by atoms with van der Waals surface area (Å²) in [4.78, 5) is 23.6. The van der Waals surface area contributed by atoms with Gasteiger partial charge < -0.3 is 19.5 Å². The highest BCUT2D eigenvalue weighted by molar-refractivity contribution is 5.92. The first-order valence-corrected chi connectivity index (χ1v) is 7.50. The van der Waals surface area contributed by atoms with Gasteiger partial charge in [-0.3, -0.25) is 4.79 Å². The molecule has 0 bridgehead atoms. The molecule has 1 N–H and O–H groups in total.